The maximum absolute atomic E-state index is 12.1. The molecule has 0 amide bonds. The van der Waals surface area contributed by atoms with Crippen LogP contribution < -0.4 is 4.74 Å². The summed E-state index contributed by atoms with van der Waals surface area (Å²) in [5, 5.41) is 0. The van der Waals surface area contributed by atoms with Crippen molar-refractivity contribution >= 4 is 79.1 Å². The van der Waals surface area contributed by atoms with Crippen molar-refractivity contribution in [2.45, 2.75) is 6.92 Å². The molecule has 0 aromatic heterocycles. The number of aliphatic imine (C=N–C) groups is 1. The molecule has 0 radical (unpaired) electrons. The van der Waals surface area contributed by atoms with Crippen molar-refractivity contribution in [2.24, 2.45) is 4.99 Å². The van der Waals surface area contributed by atoms with Crippen molar-refractivity contribution in [1.82, 2.24) is 0 Å². The van der Waals surface area contributed by atoms with Crippen LogP contribution in [0.1, 0.15) is 18.1 Å². The highest BCUT2D eigenvalue weighted by molar-refractivity contribution is 14.1. The molecular weight excluding hydrogens is 612 g/mol. The van der Waals surface area contributed by atoms with Crippen LogP contribution >= 0.6 is 61.1 Å². The van der Waals surface area contributed by atoms with E-state index in [9.17, 15) is 4.79 Å². The molecule has 0 bridgehead atoms. The first-order valence-corrected chi connectivity index (χ1v) is 10.3. The van der Waals surface area contributed by atoms with Gasteiger partial charge in [-0.2, -0.15) is 0 Å². The fourth-order valence-corrected chi connectivity index (χ4v) is 4.62. The summed E-state index contributed by atoms with van der Waals surface area (Å²) in [4.78, 5) is 16.5. The Labute approximate surface area is 181 Å². The average molecular weight is 624 g/mol. The number of carbonyl (C=O) groups is 1. The van der Waals surface area contributed by atoms with Crippen molar-refractivity contribution in [3.8, 4) is 5.75 Å². The Bertz CT molecular complexity index is 869. The maximum atomic E-state index is 12.1. The van der Waals surface area contributed by atoms with Gasteiger partial charge < -0.3 is 9.47 Å². The Morgan fingerprint density at radius 3 is 2.44 bits per heavy atom. The highest BCUT2D eigenvalue weighted by atomic mass is 127. The third kappa shape index (κ3) is 4.43. The second-order valence-corrected chi connectivity index (χ2v) is 8.33. The van der Waals surface area contributed by atoms with Gasteiger partial charge in [0, 0.05) is 10.0 Å². The van der Waals surface area contributed by atoms with Gasteiger partial charge in [-0.3, -0.25) is 0 Å². The lowest BCUT2D eigenvalue weighted by Gasteiger charge is -2.09. The van der Waals surface area contributed by atoms with E-state index in [1.165, 1.54) is 0 Å². The molecule has 0 unspecified atom stereocenters. The Morgan fingerprint density at radius 2 is 1.84 bits per heavy atom. The molecule has 1 heterocycles. The van der Waals surface area contributed by atoms with E-state index in [0.29, 0.717) is 12.5 Å². The molecule has 3 rings (SSSR count). The van der Waals surface area contributed by atoms with Gasteiger partial charge in [0.2, 0.25) is 5.90 Å². The zero-order valence-corrected chi connectivity index (χ0v) is 19.0. The molecule has 0 atom stereocenters. The van der Waals surface area contributed by atoms with Crippen LogP contribution in [0.4, 0.5) is 0 Å². The molecule has 0 fully saturated rings. The number of hydrogen-bond acceptors (Lipinski definition) is 4. The van der Waals surface area contributed by atoms with Crippen LogP contribution in [0, 0.1) is 7.14 Å². The zero-order valence-electron chi connectivity index (χ0n) is 13.1. The SMILES string of the molecule is CCOc1c(I)cc(/C=C2\N=C(c3ccc(Br)cc3)OC2=O)cc1I. The number of benzene rings is 2. The molecule has 0 aliphatic carbocycles. The van der Waals surface area contributed by atoms with E-state index in [1.807, 2.05) is 43.3 Å². The van der Waals surface area contributed by atoms with E-state index in [0.717, 1.165) is 28.5 Å². The summed E-state index contributed by atoms with van der Waals surface area (Å²) in [6.07, 6.45) is 1.73. The van der Waals surface area contributed by atoms with Gasteiger partial charge in [0.15, 0.2) is 5.70 Å². The smallest absolute Gasteiger partial charge is 0.363 e. The molecule has 7 heteroatoms. The van der Waals surface area contributed by atoms with Crippen LogP contribution in [0.25, 0.3) is 6.08 Å². The molecular formula is C18H12BrI2NO3. The second kappa shape index (κ2) is 8.17. The van der Waals surface area contributed by atoms with E-state index in [1.54, 1.807) is 6.08 Å². The lowest BCUT2D eigenvalue weighted by Crippen LogP contribution is -2.05. The predicted molar refractivity (Wildman–Crippen MR) is 118 cm³/mol. The molecule has 0 N–H and O–H groups in total. The predicted octanol–water partition coefficient (Wildman–Crippen LogP) is 5.40. The molecule has 4 nitrogen and oxygen atoms in total. The van der Waals surface area contributed by atoms with Crippen LogP contribution in [0.15, 0.2) is 51.6 Å². The average Bonchev–Trinajstić information content (AvgIpc) is 2.92. The third-order valence-electron chi connectivity index (χ3n) is 3.32. The van der Waals surface area contributed by atoms with Crippen LogP contribution in [0.2, 0.25) is 0 Å². The normalized spacial score (nSPS) is 15.3. The largest absolute Gasteiger partial charge is 0.492 e. The lowest BCUT2D eigenvalue weighted by atomic mass is 10.2. The van der Waals surface area contributed by atoms with Crippen molar-refractivity contribution in [2.75, 3.05) is 6.61 Å². The fraction of sp³-hybridized carbons (Fsp3) is 0.111. The van der Waals surface area contributed by atoms with E-state index in [2.05, 4.69) is 66.1 Å². The summed E-state index contributed by atoms with van der Waals surface area (Å²) in [5.74, 6) is 0.731. The summed E-state index contributed by atoms with van der Waals surface area (Å²) < 4.78 is 13.9. The molecule has 0 spiro atoms. The van der Waals surface area contributed by atoms with Gasteiger partial charge in [-0.05, 0) is 100 Å². The molecule has 1 aliphatic rings. The van der Waals surface area contributed by atoms with E-state index in [4.69, 9.17) is 9.47 Å². The Balaban J connectivity index is 1.93. The number of cyclic esters (lactones) is 1. The summed E-state index contributed by atoms with van der Waals surface area (Å²) in [6, 6.07) is 11.4. The standard InChI is InChI=1S/C18H12BrI2NO3/c1-2-24-16-13(20)7-10(8-14(16)21)9-15-18(23)25-17(22-15)11-3-5-12(19)6-4-11/h3-9H,2H2,1H3/b15-9-. The van der Waals surface area contributed by atoms with Gasteiger partial charge in [-0.15, -0.1) is 0 Å². The number of esters is 1. The van der Waals surface area contributed by atoms with Crippen LogP contribution in [0.3, 0.4) is 0 Å². The number of halogens is 3. The van der Waals surface area contributed by atoms with Gasteiger partial charge in [-0.1, -0.05) is 15.9 Å². The number of nitrogens with zero attached hydrogens (tertiary/aromatic N) is 1. The van der Waals surface area contributed by atoms with Crippen molar-refractivity contribution in [3.05, 3.63) is 64.8 Å². The third-order valence-corrected chi connectivity index (χ3v) is 5.46. The molecule has 0 saturated carbocycles. The number of hydrogen-bond donors (Lipinski definition) is 0. The zero-order chi connectivity index (χ0) is 18.0. The monoisotopic (exact) mass is 623 g/mol. The lowest BCUT2D eigenvalue weighted by molar-refractivity contribution is -0.129. The Kier molecular flexibility index (Phi) is 6.16. The first kappa shape index (κ1) is 18.8. The molecule has 25 heavy (non-hydrogen) atoms. The summed E-state index contributed by atoms with van der Waals surface area (Å²) in [5.41, 5.74) is 1.93. The molecule has 2 aromatic carbocycles. The van der Waals surface area contributed by atoms with Gasteiger partial charge in [-0.25, -0.2) is 9.79 Å². The Hall–Kier alpha value is -0.940. The number of carbonyl (C=O) groups excluding carboxylic acids is 1. The first-order valence-electron chi connectivity index (χ1n) is 7.38. The van der Waals surface area contributed by atoms with Crippen LogP contribution in [-0.4, -0.2) is 18.5 Å². The van der Waals surface area contributed by atoms with Gasteiger partial charge >= 0.3 is 5.97 Å². The fourth-order valence-electron chi connectivity index (χ4n) is 2.23. The van der Waals surface area contributed by atoms with E-state index >= 15 is 0 Å². The van der Waals surface area contributed by atoms with E-state index in [-0.39, 0.29) is 5.70 Å². The summed E-state index contributed by atoms with van der Waals surface area (Å²) >= 11 is 7.84. The minimum Gasteiger partial charge on any atom is -0.492 e. The Morgan fingerprint density at radius 1 is 1.20 bits per heavy atom. The molecule has 0 saturated heterocycles. The van der Waals surface area contributed by atoms with Gasteiger partial charge in [0.05, 0.1) is 13.7 Å². The summed E-state index contributed by atoms with van der Waals surface area (Å²) in [6.45, 7) is 2.56. The quantitative estimate of drug-likeness (QED) is 0.260. The highest BCUT2D eigenvalue weighted by Gasteiger charge is 2.24. The first-order chi connectivity index (χ1) is 12.0. The van der Waals surface area contributed by atoms with Crippen LogP contribution in [-0.2, 0) is 9.53 Å². The minimum absolute atomic E-state index is 0.286. The molecule has 2 aromatic rings. The highest BCUT2D eigenvalue weighted by Crippen LogP contribution is 2.30. The number of rotatable bonds is 4. The van der Waals surface area contributed by atoms with Crippen molar-refractivity contribution < 1.29 is 14.3 Å². The van der Waals surface area contributed by atoms with Gasteiger partial charge in [0.25, 0.3) is 0 Å². The topological polar surface area (TPSA) is 47.9 Å². The van der Waals surface area contributed by atoms with Gasteiger partial charge in [0.1, 0.15) is 5.75 Å². The van der Waals surface area contributed by atoms with E-state index < -0.39 is 5.97 Å². The maximum Gasteiger partial charge on any atom is 0.363 e. The van der Waals surface area contributed by atoms with Crippen molar-refractivity contribution in [1.29, 1.82) is 0 Å². The second-order valence-electron chi connectivity index (χ2n) is 5.09. The van der Waals surface area contributed by atoms with Crippen molar-refractivity contribution in [3.63, 3.8) is 0 Å². The van der Waals surface area contributed by atoms with Crippen LogP contribution in [0.5, 0.6) is 5.75 Å². The summed E-state index contributed by atoms with van der Waals surface area (Å²) in [7, 11) is 0. The number of ether oxygens (including phenoxy) is 2. The molecule has 128 valence electrons. The molecule has 1 aliphatic heterocycles. The minimum atomic E-state index is -0.447.